The Balaban J connectivity index is 1.84. The molecule has 0 radical (unpaired) electrons. The predicted octanol–water partition coefficient (Wildman–Crippen LogP) is 4.55. The van der Waals surface area contributed by atoms with Gasteiger partial charge in [0, 0.05) is 11.8 Å². The number of amidine groups is 1. The number of pyridine rings is 1. The number of hydrogen-bond acceptors (Lipinski definition) is 4. The van der Waals surface area contributed by atoms with Crippen LogP contribution < -0.4 is 5.32 Å². The zero-order valence-corrected chi connectivity index (χ0v) is 16.6. The number of aliphatic imine (C=N–C) groups is 1. The zero-order chi connectivity index (χ0) is 22.1. The van der Waals surface area contributed by atoms with Crippen LogP contribution in [0.5, 0.6) is 0 Å². The highest BCUT2D eigenvalue weighted by molar-refractivity contribution is 6.16. The van der Waals surface area contributed by atoms with Gasteiger partial charge in [0.2, 0.25) is 0 Å². The van der Waals surface area contributed by atoms with E-state index >= 15 is 0 Å². The normalized spacial score (nSPS) is 18.8. The molecule has 1 atom stereocenters. The number of aromatic nitrogens is 1. The third-order valence-electron chi connectivity index (χ3n) is 4.93. The van der Waals surface area contributed by atoms with Crippen LogP contribution in [0.15, 0.2) is 84.0 Å². The molecule has 0 aliphatic carbocycles. The molecule has 31 heavy (non-hydrogen) atoms. The first-order chi connectivity index (χ1) is 14.8. The first-order valence-electron chi connectivity index (χ1n) is 9.59. The van der Waals surface area contributed by atoms with Crippen molar-refractivity contribution in [3.63, 3.8) is 0 Å². The van der Waals surface area contributed by atoms with Crippen LogP contribution in [0.25, 0.3) is 0 Å². The SMILES string of the molecule is Cc1ccnc(N[C@@]2(C(F)(F)F)N=C(c3ccccc3)N(Cc3ccccc3)C2=O)c1. The number of amides is 1. The number of anilines is 1. The molecular weight excluding hydrogens is 405 g/mol. The topological polar surface area (TPSA) is 57.6 Å². The Morgan fingerprint density at radius 1 is 1.00 bits per heavy atom. The van der Waals surface area contributed by atoms with E-state index in [-0.39, 0.29) is 18.2 Å². The molecule has 158 valence electrons. The van der Waals surface area contributed by atoms with Crippen LogP contribution in [0, 0.1) is 6.92 Å². The highest BCUT2D eigenvalue weighted by Gasteiger charge is 2.66. The van der Waals surface area contributed by atoms with Gasteiger partial charge in [0.25, 0.3) is 5.91 Å². The van der Waals surface area contributed by atoms with Crippen molar-refractivity contribution in [1.29, 1.82) is 0 Å². The Morgan fingerprint density at radius 3 is 2.26 bits per heavy atom. The van der Waals surface area contributed by atoms with E-state index in [4.69, 9.17) is 0 Å². The lowest BCUT2D eigenvalue weighted by Crippen LogP contribution is -2.57. The van der Waals surface area contributed by atoms with E-state index in [0.29, 0.717) is 16.7 Å². The predicted molar refractivity (Wildman–Crippen MR) is 111 cm³/mol. The van der Waals surface area contributed by atoms with E-state index in [1.165, 1.54) is 12.3 Å². The lowest BCUT2D eigenvalue weighted by molar-refractivity contribution is -0.185. The van der Waals surface area contributed by atoms with Gasteiger partial charge in [-0.05, 0) is 30.2 Å². The Kier molecular flexibility index (Phi) is 5.22. The van der Waals surface area contributed by atoms with Gasteiger partial charge in [0.05, 0.1) is 6.54 Å². The average molecular weight is 424 g/mol. The molecule has 1 amide bonds. The van der Waals surface area contributed by atoms with Crippen molar-refractivity contribution >= 4 is 17.6 Å². The number of nitrogens with one attached hydrogen (secondary N) is 1. The van der Waals surface area contributed by atoms with Crippen LogP contribution in [-0.2, 0) is 11.3 Å². The Labute approximate surface area is 177 Å². The molecule has 1 aromatic heterocycles. The number of halogens is 3. The summed E-state index contributed by atoms with van der Waals surface area (Å²) in [6.45, 7) is 1.68. The van der Waals surface area contributed by atoms with Gasteiger partial charge in [0.15, 0.2) is 0 Å². The summed E-state index contributed by atoms with van der Waals surface area (Å²) in [5.41, 5.74) is -1.37. The van der Waals surface area contributed by atoms with Crippen molar-refractivity contribution in [2.24, 2.45) is 4.99 Å². The standard InChI is InChI=1S/C23H19F3N4O/c1-16-12-13-27-19(14-16)28-22(23(24,25)26)21(31)30(15-17-8-4-2-5-9-17)20(29-22)18-10-6-3-7-11-18/h2-14H,15H2,1H3,(H,27,28)/t22-/m1/s1. The highest BCUT2D eigenvalue weighted by Crippen LogP contribution is 2.41. The second kappa shape index (κ2) is 7.86. The minimum absolute atomic E-state index is 0.0475. The molecule has 0 bridgehead atoms. The number of aryl methyl sites for hydroxylation is 1. The molecule has 0 saturated carbocycles. The second-order valence-electron chi connectivity index (χ2n) is 7.23. The molecule has 0 fully saturated rings. The van der Waals surface area contributed by atoms with Gasteiger partial charge in [-0.3, -0.25) is 9.69 Å². The summed E-state index contributed by atoms with van der Waals surface area (Å²) >= 11 is 0. The number of benzene rings is 2. The van der Waals surface area contributed by atoms with Crippen molar-refractivity contribution in [2.45, 2.75) is 25.3 Å². The molecule has 4 rings (SSSR count). The summed E-state index contributed by atoms with van der Waals surface area (Å²) in [7, 11) is 0. The third kappa shape index (κ3) is 3.88. The molecule has 5 nitrogen and oxygen atoms in total. The van der Waals surface area contributed by atoms with Crippen LogP contribution in [0.1, 0.15) is 16.7 Å². The van der Waals surface area contributed by atoms with Crippen molar-refractivity contribution in [1.82, 2.24) is 9.88 Å². The fourth-order valence-electron chi connectivity index (χ4n) is 3.41. The van der Waals surface area contributed by atoms with Gasteiger partial charge in [-0.15, -0.1) is 0 Å². The lowest BCUT2D eigenvalue weighted by Gasteiger charge is -2.29. The van der Waals surface area contributed by atoms with E-state index in [0.717, 1.165) is 4.90 Å². The van der Waals surface area contributed by atoms with E-state index in [1.54, 1.807) is 73.7 Å². The summed E-state index contributed by atoms with van der Waals surface area (Å²) in [6.07, 6.45) is -3.62. The first-order valence-corrected chi connectivity index (χ1v) is 9.59. The number of nitrogens with zero attached hydrogens (tertiary/aromatic N) is 3. The number of carbonyl (C=O) groups excluding carboxylic acids is 1. The maximum absolute atomic E-state index is 14.4. The van der Waals surface area contributed by atoms with Crippen molar-refractivity contribution in [3.05, 3.63) is 95.7 Å². The largest absolute Gasteiger partial charge is 0.442 e. The molecule has 2 heterocycles. The summed E-state index contributed by atoms with van der Waals surface area (Å²) in [5.74, 6) is -1.33. The Hall–Kier alpha value is -3.68. The Bertz CT molecular complexity index is 1120. The fourth-order valence-corrected chi connectivity index (χ4v) is 3.41. The van der Waals surface area contributed by atoms with Gasteiger partial charge in [-0.1, -0.05) is 60.7 Å². The molecule has 1 aliphatic heterocycles. The zero-order valence-electron chi connectivity index (χ0n) is 16.6. The molecule has 0 saturated heterocycles. The number of alkyl halides is 3. The first kappa shape index (κ1) is 20.6. The molecule has 0 unspecified atom stereocenters. The minimum Gasteiger partial charge on any atom is -0.331 e. The molecule has 3 aromatic rings. The summed E-state index contributed by atoms with van der Waals surface area (Å²) in [6, 6.07) is 20.3. The van der Waals surface area contributed by atoms with Crippen molar-refractivity contribution < 1.29 is 18.0 Å². The minimum atomic E-state index is -5.00. The van der Waals surface area contributed by atoms with E-state index in [1.807, 2.05) is 0 Å². The van der Waals surface area contributed by atoms with Gasteiger partial charge >= 0.3 is 11.8 Å². The second-order valence-corrected chi connectivity index (χ2v) is 7.23. The van der Waals surface area contributed by atoms with Gasteiger partial charge < -0.3 is 5.32 Å². The van der Waals surface area contributed by atoms with Crippen molar-refractivity contribution in [3.8, 4) is 0 Å². The highest BCUT2D eigenvalue weighted by atomic mass is 19.4. The van der Waals surface area contributed by atoms with Gasteiger partial charge in [0.1, 0.15) is 11.7 Å². The van der Waals surface area contributed by atoms with Crippen molar-refractivity contribution in [2.75, 3.05) is 5.32 Å². The molecule has 1 N–H and O–H groups in total. The molecule has 0 spiro atoms. The number of hydrogen-bond donors (Lipinski definition) is 1. The van der Waals surface area contributed by atoms with Crippen LogP contribution in [0.4, 0.5) is 19.0 Å². The van der Waals surface area contributed by atoms with Gasteiger partial charge in [-0.25, -0.2) is 9.98 Å². The van der Waals surface area contributed by atoms with Crippen LogP contribution >= 0.6 is 0 Å². The van der Waals surface area contributed by atoms with Crippen LogP contribution in [0.2, 0.25) is 0 Å². The quantitative estimate of drug-likeness (QED) is 0.654. The van der Waals surface area contributed by atoms with E-state index in [2.05, 4.69) is 15.3 Å². The van der Waals surface area contributed by atoms with Crippen LogP contribution in [-0.4, -0.2) is 33.5 Å². The number of rotatable bonds is 5. The molecule has 2 aromatic carbocycles. The fraction of sp³-hybridized carbons (Fsp3) is 0.174. The molecular formula is C23H19F3N4O. The molecule has 8 heteroatoms. The number of carbonyl (C=O) groups is 1. The summed E-state index contributed by atoms with van der Waals surface area (Å²) < 4.78 is 43.2. The van der Waals surface area contributed by atoms with E-state index in [9.17, 15) is 18.0 Å². The summed E-state index contributed by atoms with van der Waals surface area (Å²) in [5, 5.41) is 2.29. The average Bonchev–Trinajstić information content (AvgIpc) is 3.02. The Morgan fingerprint density at radius 2 is 1.65 bits per heavy atom. The monoisotopic (exact) mass is 424 g/mol. The summed E-state index contributed by atoms with van der Waals surface area (Å²) in [4.78, 5) is 22.3. The lowest BCUT2D eigenvalue weighted by atomic mass is 10.1. The third-order valence-corrected chi connectivity index (χ3v) is 4.93. The molecule has 1 aliphatic rings. The maximum atomic E-state index is 14.4. The van der Waals surface area contributed by atoms with Crippen LogP contribution in [0.3, 0.4) is 0 Å². The van der Waals surface area contributed by atoms with Gasteiger partial charge in [-0.2, -0.15) is 13.2 Å². The smallest absolute Gasteiger partial charge is 0.331 e. The van der Waals surface area contributed by atoms with E-state index < -0.39 is 17.7 Å². The maximum Gasteiger partial charge on any atom is 0.442 e.